The number of aryl methyl sites for hydroxylation is 1. The molecule has 0 amide bonds. The number of hydrogen-bond acceptors (Lipinski definition) is 6. The Bertz CT molecular complexity index is 870. The highest BCUT2D eigenvalue weighted by atomic mass is 16.5. The molecule has 0 spiro atoms. The van der Waals surface area contributed by atoms with Crippen LogP contribution in [0, 0.1) is 11.8 Å². The molecule has 3 aliphatic carbocycles. The van der Waals surface area contributed by atoms with Crippen LogP contribution in [0.5, 0.6) is 17.2 Å². The van der Waals surface area contributed by atoms with Crippen LogP contribution in [-0.2, 0) is 16.0 Å². The van der Waals surface area contributed by atoms with Crippen molar-refractivity contribution in [3.8, 4) is 17.2 Å². The van der Waals surface area contributed by atoms with Crippen molar-refractivity contribution in [2.75, 3.05) is 35.5 Å². The standard InChI is InChI=1S/C21H25NO5/c1-22-12-7-6-10-8-14(25-3)20(26-4)21(27-5)15(10)16-11-9-13(24-2)19(23)17(11)18(12)16/h8-9,11-12,17,22H,6-7H2,1-5H3/t11-,12+,17-/m1/s1. The number of ether oxygens (including phenoxy) is 4. The third-order valence-corrected chi connectivity index (χ3v) is 6.02. The summed E-state index contributed by atoms with van der Waals surface area (Å²) in [7, 11) is 8.38. The predicted octanol–water partition coefficient (Wildman–Crippen LogP) is 2.36. The van der Waals surface area contributed by atoms with Crippen molar-refractivity contribution in [3.05, 3.63) is 34.6 Å². The molecular formula is C21H25NO5. The molecule has 0 unspecified atom stereocenters. The number of benzene rings is 1. The summed E-state index contributed by atoms with van der Waals surface area (Å²) in [6.45, 7) is 0. The second kappa shape index (κ2) is 6.60. The Kier molecular flexibility index (Phi) is 4.38. The van der Waals surface area contributed by atoms with Crippen molar-refractivity contribution in [2.24, 2.45) is 11.8 Å². The summed E-state index contributed by atoms with van der Waals surface area (Å²) in [5.74, 6) is 2.31. The number of carbonyl (C=O) groups is 1. The first-order valence-electron chi connectivity index (χ1n) is 9.14. The number of hydrogen-bond donors (Lipinski definition) is 1. The Labute approximate surface area is 159 Å². The zero-order chi connectivity index (χ0) is 19.3. The Hall–Kier alpha value is -2.47. The molecule has 0 bridgehead atoms. The molecular weight excluding hydrogens is 346 g/mol. The zero-order valence-electron chi connectivity index (χ0n) is 16.3. The van der Waals surface area contributed by atoms with Crippen LogP contribution in [0.1, 0.15) is 17.5 Å². The molecule has 6 heteroatoms. The zero-order valence-corrected chi connectivity index (χ0v) is 16.3. The van der Waals surface area contributed by atoms with E-state index >= 15 is 0 Å². The molecule has 1 aromatic rings. The molecule has 27 heavy (non-hydrogen) atoms. The van der Waals surface area contributed by atoms with Crippen LogP contribution in [0.15, 0.2) is 23.5 Å². The summed E-state index contributed by atoms with van der Waals surface area (Å²) >= 11 is 0. The molecule has 144 valence electrons. The second-order valence-electron chi connectivity index (χ2n) is 7.03. The van der Waals surface area contributed by atoms with Gasteiger partial charge in [-0.3, -0.25) is 4.79 Å². The number of Topliss-reactive ketones (excluding diaryl/α,β-unsaturated/α-hetero) is 1. The number of ketones is 1. The predicted molar refractivity (Wildman–Crippen MR) is 101 cm³/mol. The van der Waals surface area contributed by atoms with Crippen LogP contribution >= 0.6 is 0 Å². The van der Waals surface area contributed by atoms with Crippen LogP contribution in [0.3, 0.4) is 0 Å². The molecule has 6 nitrogen and oxygen atoms in total. The Morgan fingerprint density at radius 1 is 1.04 bits per heavy atom. The van der Waals surface area contributed by atoms with Crippen molar-refractivity contribution in [2.45, 2.75) is 18.9 Å². The van der Waals surface area contributed by atoms with Crippen LogP contribution in [0.2, 0.25) is 0 Å². The van der Waals surface area contributed by atoms with Gasteiger partial charge in [0.2, 0.25) is 11.5 Å². The van der Waals surface area contributed by atoms with Gasteiger partial charge in [-0.2, -0.15) is 0 Å². The van der Waals surface area contributed by atoms with E-state index in [1.54, 1.807) is 28.4 Å². The van der Waals surface area contributed by atoms with Crippen molar-refractivity contribution in [1.29, 1.82) is 0 Å². The number of nitrogens with one attached hydrogen (secondary N) is 1. The topological polar surface area (TPSA) is 66.0 Å². The molecule has 1 N–H and O–H groups in total. The van der Waals surface area contributed by atoms with E-state index in [-0.39, 0.29) is 23.7 Å². The fourth-order valence-electron chi connectivity index (χ4n) is 4.84. The van der Waals surface area contributed by atoms with E-state index in [2.05, 4.69) is 5.32 Å². The minimum absolute atomic E-state index is 0.0159. The molecule has 4 rings (SSSR count). The molecule has 0 aromatic heterocycles. The molecule has 1 aromatic carbocycles. The molecule has 3 atom stereocenters. The number of rotatable bonds is 5. The lowest BCUT2D eigenvalue weighted by molar-refractivity contribution is -0.120. The summed E-state index contributed by atoms with van der Waals surface area (Å²) in [6.07, 6.45) is 3.71. The minimum atomic E-state index is -0.142. The average Bonchev–Trinajstić information content (AvgIpc) is 2.87. The SMILES string of the molecule is CN[C@H]1CCc2cc(OC)c(OC)c(OC)c2C2=C1[C@@H]1C(=O)C(OC)=C[C@H]21. The third-order valence-electron chi connectivity index (χ3n) is 6.02. The first-order valence-corrected chi connectivity index (χ1v) is 9.14. The van der Waals surface area contributed by atoms with Crippen molar-refractivity contribution in [3.63, 3.8) is 0 Å². The van der Waals surface area contributed by atoms with Crippen molar-refractivity contribution < 1.29 is 23.7 Å². The van der Waals surface area contributed by atoms with Crippen LogP contribution in [-0.4, -0.2) is 47.3 Å². The van der Waals surface area contributed by atoms with Gasteiger partial charge in [-0.05, 0) is 48.7 Å². The maximum Gasteiger partial charge on any atom is 0.205 e. The Morgan fingerprint density at radius 2 is 1.78 bits per heavy atom. The fourth-order valence-corrected chi connectivity index (χ4v) is 4.84. The lowest BCUT2D eigenvalue weighted by Gasteiger charge is -2.40. The van der Waals surface area contributed by atoms with Gasteiger partial charge in [0.25, 0.3) is 0 Å². The lowest BCUT2D eigenvalue weighted by atomic mass is 9.64. The molecule has 0 heterocycles. The maximum absolute atomic E-state index is 12.8. The summed E-state index contributed by atoms with van der Waals surface area (Å²) in [6, 6.07) is 2.17. The first-order chi connectivity index (χ1) is 13.1. The van der Waals surface area contributed by atoms with E-state index in [0.717, 1.165) is 35.1 Å². The monoisotopic (exact) mass is 371 g/mol. The number of carbonyl (C=O) groups excluding carboxylic acids is 1. The fraction of sp³-hybridized carbons (Fsp3) is 0.476. The molecule has 0 aliphatic heterocycles. The van der Waals surface area contributed by atoms with Gasteiger partial charge in [0, 0.05) is 17.5 Å². The van der Waals surface area contributed by atoms with E-state index < -0.39 is 0 Å². The van der Waals surface area contributed by atoms with E-state index in [9.17, 15) is 4.79 Å². The lowest BCUT2D eigenvalue weighted by Crippen LogP contribution is -2.41. The third kappa shape index (κ3) is 2.32. The number of allylic oxidation sites excluding steroid dienone is 3. The summed E-state index contributed by atoms with van der Waals surface area (Å²) in [5.41, 5.74) is 4.50. The normalized spacial score (nSPS) is 25.6. The van der Waals surface area contributed by atoms with Gasteiger partial charge >= 0.3 is 0 Å². The van der Waals surface area contributed by atoms with Crippen LogP contribution < -0.4 is 19.5 Å². The molecule has 0 saturated carbocycles. The highest BCUT2D eigenvalue weighted by molar-refractivity contribution is 6.08. The summed E-state index contributed by atoms with van der Waals surface area (Å²) in [4.78, 5) is 12.8. The Morgan fingerprint density at radius 3 is 2.37 bits per heavy atom. The second-order valence-corrected chi connectivity index (χ2v) is 7.03. The van der Waals surface area contributed by atoms with Gasteiger partial charge in [-0.25, -0.2) is 0 Å². The average molecular weight is 371 g/mol. The summed E-state index contributed by atoms with van der Waals surface area (Å²) in [5, 5.41) is 3.39. The van der Waals surface area contributed by atoms with Gasteiger partial charge in [-0.1, -0.05) is 0 Å². The highest BCUT2D eigenvalue weighted by Crippen LogP contribution is 2.59. The van der Waals surface area contributed by atoms with Crippen molar-refractivity contribution in [1.82, 2.24) is 5.32 Å². The molecule has 0 fully saturated rings. The number of methoxy groups -OCH3 is 4. The molecule has 0 saturated heterocycles. The first kappa shape index (κ1) is 17.9. The molecule has 0 radical (unpaired) electrons. The van der Waals surface area contributed by atoms with E-state index in [4.69, 9.17) is 18.9 Å². The van der Waals surface area contributed by atoms with Gasteiger partial charge in [0.1, 0.15) is 0 Å². The smallest absolute Gasteiger partial charge is 0.205 e. The largest absolute Gasteiger partial charge is 0.493 e. The van der Waals surface area contributed by atoms with Gasteiger partial charge in [0.05, 0.1) is 34.4 Å². The summed E-state index contributed by atoms with van der Waals surface area (Å²) < 4.78 is 22.3. The van der Waals surface area contributed by atoms with Gasteiger partial charge in [-0.15, -0.1) is 0 Å². The van der Waals surface area contributed by atoms with Crippen LogP contribution in [0.4, 0.5) is 0 Å². The number of fused-ring (bicyclic) bond motifs is 5. The highest BCUT2D eigenvalue weighted by Gasteiger charge is 2.53. The minimum Gasteiger partial charge on any atom is -0.493 e. The van der Waals surface area contributed by atoms with Crippen LogP contribution in [0.25, 0.3) is 5.57 Å². The van der Waals surface area contributed by atoms with Gasteiger partial charge < -0.3 is 24.3 Å². The quantitative estimate of drug-likeness (QED) is 0.857. The Balaban J connectivity index is 1.97. The van der Waals surface area contributed by atoms with Crippen molar-refractivity contribution >= 4 is 11.4 Å². The maximum atomic E-state index is 12.8. The number of likely N-dealkylation sites (N-methyl/N-ethyl adjacent to an activating group) is 1. The van der Waals surface area contributed by atoms with E-state index in [1.807, 2.05) is 19.2 Å². The van der Waals surface area contributed by atoms with E-state index in [0.29, 0.717) is 23.0 Å². The van der Waals surface area contributed by atoms with E-state index in [1.165, 1.54) is 0 Å². The molecule has 3 aliphatic rings. The van der Waals surface area contributed by atoms with Gasteiger partial charge in [0.15, 0.2) is 17.3 Å².